The Balaban J connectivity index is 2.64. The molecule has 0 bridgehead atoms. The van der Waals surface area contributed by atoms with Gasteiger partial charge in [-0.15, -0.1) is 0 Å². The summed E-state index contributed by atoms with van der Waals surface area (Å²) in [5.41, 5.74) is 0. The predicted molar refractivity (Wildman–Crippen MR) is 59.5 cm³/mol. The third-order valence-electron chi connectivity index (χ3n) is 1.55. The van der Waals surface area contributed by atoms with Gasteiger partial charge in [-0.3, -0.25) is 4.79 Å². The topological polar surface area (TPSA) is 62.2 Å². The Morgan fingerprint density at radius 2 is 2.47 bits per heavy atom. The van der Waals surface area contributed by atoms with Crippen LogP contribution in [0.3, 0.4) is 0 Å². The molecule has 0 saturated carbocycles. The third kappa shape index (κ3) is 3.70. The molecule has 0 aromatic carbocycles. The summed E-state index contributed by atoms with van der Waals surface area (Å²) in [7, 11) is 0. The number of hydrogen-bond donors (Lipinski definition) is 2. The van der Waals surface area contributed by atoms with Crippen LogP contribution >= 0.6 is 11.3 Å². The zero-order valence-electron chi connectivity index (χ0n) is 8.57. The summed E-state index contributed by atoms with van der Waals surface area (Å²) in [6.07, 6.45) is 1.57. The largest absolute Gasteiger partial charge is 0.384 e. The number of aliphatic hydroxyl groups excluding tert-OH is 1. The third-order valence-corrected chi connectivity index (χ3v) is 2.38. The van der Waals surface area contributed by atoms with Crippen molar-refractivity contribution in [3.05, 3.63) is 11.1 Å². The highest BCUT2D eigenvalue weighted by atomic mass is 32.1. The van der Waals surface area contributed by atoms with Crippen molar-refractivity contribution in [1.82, 2.24) is 4.98 Å². The Kier molecular flexibility index (Phi) is 4.28. The molecule has 5 heteroatoms. The van der Waals surface area contributed by atoms with Crippen LogP contribution in [0.15, 0.2) is 6.20 Å². The van der Waals surface area contributed by atoms with Gasteiger partial charge in [-0.05, 0) is 0 Å². The molecule has 80 valence electrons. The van der Waals surface area contributed by atoms with Crippen molar-refractivity contribution in [3.63, 3.8) is 0 Å². The molecule has 0 atom stereocenters. The summed E-state index contributed by atoms with van der Waals surface area (Å²) in [5, 5.41) is 11.7. The zero-order valence-corrected chi connectivity index (χ0v) is 9.39. The molecule has 2 N–H and O–H groups in total. The molecule has 1 heterocycles. The molecular formula is C10H12N2O2S. The molecule has 0 radical (unpaired) electrons. The van der Waals surface area contributed by atoms with E-state index >= 15 is 0 Å². The van der Waals surface area contributed by atoms with Gasteiger partial charge in [0.05, 0.1) is 11.1 Å². The molecule has 1 rings (SSSR count). The number of carbonyl (C=O) groups excluding carboxylic acids is 1. The lowest BCUT2D eigenvalue weighted by Gasteiger charge is -2.02. The SMILES string of the molecule is CC(C)C(=O)Nc1ncc(C#CCO)s1. The van der Waals surface area contributed by atoms with E-state index < -0.39 is 0 Å². The molecule has 4 nitrogen and oxygen atoms in total. The van der Waals surface area contributed by atoms with E-state index in [0.717, 1.165) is 4.88 Å². The molecule has 1 aromatic heterocycles. The van der Waals surface area contributed by atoms with Crippen LogP contribution in [0.1, 0.15) is 18.7 Å². The molecular weight excluding hydrogens is 212 g/mol. The van der Waals surface area contributed by atoms with E-state index in [9.17, 15) is 4.79 Å². The van der Waals surface area contributed by atoms with Crippen molar-refractivity contribution in [2.45, 2.75) is 13.8 Å². The fourth-order valence-corrected chi connectivity index (χ4v) is 1.46. The van der Waals surface area contributed by atoms with Crippen molar-refractivity contribution in [3.8, 4) is 11.8 Å². The Morgan fingerprint density at radius 1 is 1.73 bits per heavy atom. The maximum Gasteiger partial charge on any atom is 0.228 e. The van der Waals surface area contributed by atoms with Crippen LogP contribution in [0, 0.1) is 17.8 Å². The second-order valence-corrected chi connectivity index (χ2v) is 4.16. The summed E-state index contributed by atoms with van der Waals surface area (Å²) >= 11 is 1.29. The van der Waals surface area contributed by atoms with Crippen molar-refractivity contribution < 1.29 is 9.90 Å². The lowest BCUT2D eigenvalue weighted by atomic mass is 10.2. The number of nitrogens with one attached hydrogen (secondary N) is 1. The van der Waals surface area contributed by atoms with Crippen molar-refractivity contribution in [1.29, 1.82) is 0 Å². The molecule has 1 amide bonds. The van der Waals surface area contributed by atoms with E-state index in [2.05, 4.69) is 22.1 Å². The van der Waals surface area contributed by atoms with Crippen LogP contribution in [0.4, 0.5) is 5.13 Å². The molecule has 0 spiro atoms. The van der Waals surface area contributed by atoms with E-state index in [1.54, 1.807) is 6.20 Å². The maximum absolute atomic E-state index is 11.3. The summed E-state index contributed by atoms with van der Waals surface area (Å²) in [6.45, 7) is 3.45. The van der Waals surface area contributed by atoms with Gasteiger partial charge in [0.1, 0.15) is 6.61 Å². The molecule has 0 aliphatic heterocycles. The Morgan fingerprint density at radius 3 is 3.07 bits per heavy atom. The number of anilines is 1. The molecule has 0 aliphatic rings. The Bertz CT molecular complexity index is 401. The van der Waals surface area contributed by atoms with Crippen LogP contribution in [0.5, 0.6) is 0 Å². The Labute approximate surface area is 92.4 Å². The first-order valence-electron chi connectivity index (χ1n) is 4.50. The molecule has 0 saturated heterocycles. The fraction of sp³-hybridized carbons (Fsp3) is 0.400. The highest BCUT2D eigenvalue weighted by Gasteiger charge is 2.09. The van der Waals surface area contributed by atoms with Crippen LogP contribution < -0.4 is 5.32 Å². The summed E-state index contributed by atoms with van der Waals surface area (Å²) < 4.78 is 0. The highest BCUT2D eigenvalue weighted by molar-refractivity contribution is 7.16. The Hall–Kier alpha value is -1.38. The number of carbonyl (C=O) groups is 1. The normalized spacial score (nSPS) is 9.60. The van der Waals surface area contributed by atoms with E-state index in [0.29, 0.717) is 5.13 Å². The predicted octanol–water partition coefficient (Wildman–Crippen LogP) is 1.08. The number of nitrogens with zero attached hydrogens (tertiary/aromatic N) is 1. The molecule has 15 heavy (non-hydrogen) atoms. The second-order valence-electron chi connectivity index (χ2n) is 3.13. The van der Waals surface area contributed by atoms with Crippen LogP contribution in [0.2, 0.25) is 0 Å². The van der Waals surface area contributed by atoms with Crippen LogP contribution in [-0.4, -0.2) is 22.6 Å². The van der Waals surface area contributed by atoms with E-state index in [-0.39, 0.29) is 18.4 Å². The molecule has 0 aliphatic carbocycles. The first-order chi connectivity index (χ1) is 7.13. The van der Waals surface area contributed by atoms with Crippen molar-refractivity contribution >= 4 is 22.4 Å². The minimum atomic E-state index is -0.175. The van der Waals surface area contributed by atoms with Crippen molar-refractivity contribution in [2.24, 2.45) is 5.92 Å². The van der Waals surface area contributed by atoms with Gasteiger partial charge < -0.3 is 10.4 Å². The number of aromatic nitrogens is 1. The van der Waals surface area contributed by atoms with E-state index in [4.69, 9.17) is 5.11 Å². The van der Waals surface area contributed by atoms with Crippen molar-refractivity contribution in [2.75, 3.05) is 11.9 Å². The van der Waals surface area contributed by atoms with E-state index in [1.165, 1.54) is 11.3 Å². The van der Waals surface area contributed by atoms with Gasteiger partial charge in [0.2, 0.25) is 5.91 Å². The lowest BCUT2D eigenvalue weighted by Crippen LogP contribution is -2.17. The molecule has 0 unspecified atom stereocenters. The quantitative estimate of drug-likeness (QED) is 0.739. The van der Waals surface area contributed by atoms with Gasteiger partial charge in [-0.1, -0.05) is 37.0 Å². The fourth-order valence-electron chi connectivity index (χ4n) is 0.766. The van der Waals surface area contributed by atoms with Gasteiger partial charge in [-0.25, -0.2) is 4.98 Å². The van der Waals surface area contributed by atoms with Gasteiger partial charge in [0.25, 0.3) is 0 Å². The average molecular weight is 224 g/mol. The smallest absolute Gasteiger partial charge is 0.228 e. The minimum Gasteiger partial charge on any atom is -0.384 e. The monoisotopic (exact) mass is 224 g/mol. The first kappa shape index (κ1) is 11.7. The van der Waals surface area contributed by atoms with Gasteiger partial charge in [0.15, 0.2) is 5.13 Å². The summed E-state index contributed by atoms with van der Waals surface area (Å²) in [5.74, 6) is 5.11. The summed E-state index contributed by atoms with van der Waals surface area (Å²) in [6, 6.07) is 0. The second kappa shape index (κ2) is 5.49. The number of thiazole rings is 1. The molecule has 0 fully saturated rings. The van der Waals surface area contributed by atoms with Gasteiger partial charge in [-0.2, -0.15) is 0 Å². The standard InChI is InChI=1S/C10H12N2O2S/c1-7(2)9(14)12-10-11-6-8(15-10)4-3-5-13/h6-7,13H,5H2,1-2H3,(H,11,12,14). The van der Waals surface area contributed by atoms with Crippen LogP contribution in [-0.2, 0) is 4.79 Å². The van der Waals surface area contributed by atoms with E-state index in [1.807, 2.05) is 13.8 Å². The minimum absolute atomic E-state index is 0.0639. The number of amides is 1. The zero-order chi connectivity index (χ0) is 11.3. The maximum atomic E-state index is 11.3. The number of aliphatic hydroxyl groups is 1. The number of hydrogen-bond acceptors (Lipinski definition) is 4. The number of rotatable bonds is 2. The first-order valence-corrected chi connectivity index (χ1v) is 5.31. The van der Waals surface area contributed by atoms with Gasteiger partial charge in [0, 0.05) is 5.92 Å². The molecule has 1 aromatic rings. The highest BCUT2D eigenvalue weighted by Crippen LogP contribution is 2.17. The lowest BCUT2D eigenvalue weighted by molar-refractivity contribution is -0.118. The average Bonchev–Trinajstić information content (AvgIpc) is 2.62. The van der Waals surface area contributed by atoms with Crippen LogP contribution in [0.25, 0.3) is 0 Å². The summed E-state index contributed by atoms with van der Waals surface area (Å²) in [4.78, 5) is 16.0. The van der Waals surface area contributed by atoms with Gasteiger partial charge >= 0.3 is 0 Å².